The number of benzene rings is 1. The van der Waals surface area contributed by atoms with Crippen molar-refractivity contribution in [1.82, 2.24) is 0 Å². The summed E-state index contributed by atoms with van der Waals surface area (Å²) in [5.41, 5.74) is 7.24. The molecule has 3 N–H and O–H groups in total. The maximum atomic E-state index is 10.7. The molecule has 1 aliphatic rings. The third-order valence-electron chi connectivity index (χ3n) is 2.00. The van der Waals surface area contributed by atoms with Gasteiger partial charge in [-0.2, -0.15) is 0 Å². The molecule has 0 spiro atoms. The number of aromatic carboxylic acids is 1. The first-order chi connectivity index (χ1) is 6.66. The SMILES string of the molecule is NC1=Cc2ccc(C(=O)O)cc2OC1. The lowest BCUT2D eigenvalue weighted by molar-refractivity contribution is 0.0696. The molecule has 1 heterocycles. The van der Waals surface area contributed by atoms with Crippen LogP contribution in [0.15, 0.2) is 23.9 Å². The van der Waals surface area contributed by atoms with E-state index in [-0.39, 0.29) is 5.56 Å². The summed E-state index contributed by atoms with van der Waals surface area (Å²) in [6.07, 6.45) is 1.78. The standard InChI is InChI=1S/C10H9NO3/c11-8-3-6-1-2-7(10(12)13)4-9(6)14-5-8/h1-4H,5,11H2,(H,12,13). The van der Waals surface area contributed by atoms with Gasteiger partial charge in [0.05, 0.1) is 5.56 Å². The van der Waals surface area contributed by atoms with Gasteiger partial charge < -0.3 is 15.6 Å². The summed E-state index contributed by atoms with van der Waals surface area (Å²) in [4.78, 5) is 10.7. The third-order valence-corrected chi connectivity index (χ3v) is 2.00. The number of carboxylic acids is 1. The number of nitrogens with two attached hydrogens (primary N) is 1. The van der Waals surface area contributed by atoms with E-state index in [1.165, 1.54) is 12.1 Å². The molecule has 0 unspecified atom stereocenters. The van der Waals surface area contributed by atoms with Crippen molar-refractivity contribution in [3.8, 4) is 5.75 Å². The van der Waals surface area contributed by atoms with E-state index in [0.717, 1.165) is 5.56 Å². The summed E-state index contributed by atoms with van der Waals surface area (Å²) in [6, 6.07) is 4.71. The zero-order chi connectivity index (χ0) is 10.1. The lowest BCUT2D eigenvalue weighted by atomic mass is 10.1. The Kier molecular flexibility index (Phi) is 1.89. The molecule has 0 saturated heterocycles. The Hall–Kier alpha value is -1.97. The van der Waals surface area contributed by atoms with E-state index in [2.05, 4.69) is 0 Å². The summed E-state index contributed by atoms with van der Waals surface area (Å²) in [6.45, 7) is 0.316. The van der Waals surface area contributed by atoms with Crippen molar-refractivity contribution < 1.29 is 14.6 Å². The van der Waals surface area contributed by atoms with Crippen molar-refractivity contribution in [1.29, 1.82) is 0 Å². The Morgan fingerprint density at radius 2 is 2.29 bits per heavy atom. The van der Waals surface area contributed by atoms with E-state index in [0.29, 0.717) is 18.1 Å². The second-order valence-corrected chi connectivity index (χ2v) is 3.07. The van der Waals surface area contributed by atoms with Crippen molar-refractivity contribution in [3.05, 3.63) is 35.0 Å². The minimum absolute atomic E-state index is 0.220. The first kappa shape index (κ1) is 8.62. The normalized spacial score (nSPS) is 13.9. The number of carboxylic acid groups (broad SMARTS) is 1. The molecule has 0 amide bonds. The fourth-order valence-corrected chi connectivity index (χ4v) is 1.31. The number of carbonyl (C=O) groups is 1. The molecular formula is C10H9NO3. The van der Waals surface area contributed by atoms with Crippen LogP contribution in [0, 0.1) is 0 Å². The van der Waals surface area contributed by atoms with E-state index in [9.17, 15) is 4.79 Å². The van der Waals surface area contributed by atoms with Gasteiger partial charge in [0.15, 0.2) is 0 Å². The minimum Gasteiger partial charge on any atom is -0.487 e. The number of hydrogen-bond donors (Lipinski definition) is 2. The van der Waals surface area contributed by atoms with E-state index in [4.69, 9.17) is 15.6 Å². The zero-order valence-electron chi connectivity index (χ0n) is 7.36. The molecule has 0 aromatic heterocycles. The fourth-order valence-electron chi connectivity index (χ4n) is 1.31. The first-order valence-electron chi connectivity index (χ1n) is 4.13. The van der Waals surface area contributed by atoms with Gasteiger partial charge in [0.1, 0.15) is 12.4 Å². The molecule has 2 rings (SSSR count). The van der Waals surface area contributed by atoms with E-state index >= 15 is 0 Å². The topological polar surface area (TPSA) is 72.6 Å². The smallest absolute Gasteiger partial charge is 0.335 e. The van der Waals surface area contributed by atoms with Crippen LogP contribution in [0.25, 0.3) is 6.08 Å². The van der Waals surface area contributed by atoms with Crippen LogP contribution in [-0.2, 0) is 0 Å². The summed E-state index contributed by atoms with van der Waals surface area (Å²) in [7, 11) is 0. The summed E-state index contributed by atoms with van der Waals surface area (Å²) in [5.74, 6) is -0.391. The molecule has 0 saturated carbocycles. The lowest BCUT2D eigenvalue weighted by Crippen LogP contribution is -2.13. The Morgan fingerprint density at radius 3 is 3.00 bits per heavy atom. The van der Waals surface area contributed by atoms with Crippen molar-refractivity contribution >= 4 is 12.0 Å². The van der Waals surface area contributed by atoms with E-state index in [1.54, 1.807) is 12.1 Å². The summed E-state index contributed by atoms with van der Waals surface area (Å²) >= 11 is 0. The molecule has 1 aliphatic heterocycles. The fraction of sp³-hybridized carbons (Fsp3) is 0.100. The van der Waals surface area contributed by atoms with Gasteiger partial charge in [0.2, 0.25) is 0 Å². The molecule has 1 aromatic rings. The number of ether oxygens (including phenoxy) is 1. The molecule has 14 heavy (non-hydrogen) atoms. The Labute approximate surface area is 80.6 Å². The molecule has 4 nitrogen and oxygen atoms in total. The predicted octanol–water partition coefficient (Wildman–Crippen LogP) is 1.08. The molecule has 0 radical (unpaired) electrons. The lowest BCUT2D eigenvalue weighted by Gasteiger charge is -2.15. The van der Waals surface area contributed by atoms with Crippen LogP contribution >= 0.6 is 0 Å². The van der Waals surface area contributed by atoms with Crippen molar-refractivity contribution in [3.63, 3.8) is 0 Å². The monoisotopic (exact) mass is 191 g/mol. The van der Waals surface area contributed by atoms with Crippen molar-refractivity contribution in [2.75, 3.05) is 6.61 Å². The molecule has 0 bridgehead atoms. The highest BCUT2D eigenvalue weighted by Gasteiger charge is 2.12. The average molecular weight is 191 g/mol. The zero-order valence-corrected chi connectivity index (χ0v) is 7.36. The Morgan fingerprint density at radius 1 is 1.50 bits per heavy atom. The quantitative estimate of drug-likeness (QED) is 0.696. The minimum atomic E-state index is -0.959. The van der Waals surface area contributed by atoms with Gasteiger partial charge in [0.25, 0.3) is 0 Å². The van der Waals surface area contributed by atoms with Crippen molar-refractivity contribution in [2.24, 2.45) is 5.73 Å². The maximum Gasteiger partial charge on any atom is 0.335 e. The third kappa shape index (κ3) is 1.42. The summed E-state index contributed by atoms with van der Waals surface area (Å²) in [5, 5.41) is 8.74. The maximum absolute atomic E-state index is 10.7. The van der Waals surface area contributed by atoms with Gasteiger partial charge in [-0.05, 0) is 18.2 Å². The molecular weight excluding hydrogens is 182 g/mol. The number of hydrogen-bond acceptors (Lipinski definition) is 3. The molecule has 0 aliphatic carbocycles. The van der Waals surface area contributed by atoms with E-state index < -0.39 is 5.97 Å². The molecule has 0 atom stereocenters. The molecule has 0 fully saturated rings. The van der Waals surface area contributed by atoms with Crippen LogP contribution in [0.5, 0.6) is 5.75 Å². The Balaban J connectivity index is 2.47. The highest BCUT2D eigenvalue weighted by Crippen LogP contribution is 2.26. The average Bonchev–Trinajstić information content (AvgIpc) is 2.16. The van der Waals surface area contributed by atoms with Crippen LogP contribution in [0.1, 0.15) is 15.9 Å². The van der Waals surface area contributed by atoms with Gasteiger partial charge in [0, 0.05) is 11.3 Å². The van der Waals surface area contributed by atoms with Gasteiger partial charge in [-0.25, -0.2) is 4.79 Å². The number of rotatable bonds is 1. The van der Waals surface area contributed by atoms with E-state index in [1.807, 2.05) is 0 Å². The van der Waals surface area contributed by atoms with Crippen LogP contribution < -0.4 is 10.5 Å². The summed E-state index contributed by atoms with van der Waals surface area (Å²) < 4.78 is 5.27. The number of fused-ring (bicyclic) bond motifs is 1. The predicted molar refractivity (Wildman–Crippen MR) is 51.1 cm³/mol. The first-order valence-corrected chi connectivity index (χ1v) is 4.13. The second kappa shape index (κ2) is 3.06. The van der Waals surface area contributed by atoms with Gasteiger partial charge in [-0.15, -0.1) is 0 Å². The van der Waals surface area contributed by atoms with Crippen LogP contribution in [-0.4, -0.2) is 17.7 Å². The highest BCUT2D eigenvalue weighted by atomic mass is 16.5. The highest BCUT2D eigenvalue weighted by molar-refractivity contribution is 5.88. The van der Waals surface area contributed by atoms with Crippen molar-refractivity contribution in [2.45, 2.75) is 0 Å². The van der Waals surface area contributed by atoms with Gasteiger partial charge >= 0.3 is 5.97 Å². The largest absolute Gasteiger partial charge is 0.487 e. The molecule has 1 aromatic carbocycles. The van der Waals surface area contributed by atoms with Gasteiger partial charge in [-0.1, -0.05) is 6.07 Å². The second-order valence-electron chi connectivity index (χ2n) is 3.07. The van der Waals surface area contributed by atoms with Crippen LogP contribution in [0.2, 0.25) is 0 Å². The van der Waals surface area contributed by atoms with Gasteiger partial charge in [-0.3, -0.25) is 0 Å². The molecule has 4 heteroatoms. The molecule has 72 valence electrons. The Bertz CT molecular complexity index is 423. The van der Waals surface area contributed by atoms with Crippen LogP contribution in [0.3, 0.4) is 0 Å². The van der Waals surface area contributed by atoms with Crippen LogP contribution in [0.4, 0.5) is 0 Å².